The molecule has 1 unspecified atom stereocenters. The van der Waals surface area contributed by atoms with Crippen molar-refractivity contribution >= 4 is 11.9 Å². The Morgan fingerprint density at radius 2 is 1.87 bits per heavy atom. The molecule has 1 aromatic rings. The van der Waals surface area contributed by atoms with Crippen LogP contribution in [0.4, 0.5) is 0 Å². The second-order valence-electron chi connectivity index (χ2n) is 10.4. The number of fused-ring (bicyclic) bond motifs is 1. The van der Waals surface area contributed by atoms with Gasteiger partial charge in [-0.3, -0.25) is 4.79 Å². The molecule has 0 aromatic heterocycles. The third-order valence-corrected chi connectivity index (χ3v) is 7.16. The van der Waals surface area contributed by atoms with Gasteiger partial charge in [-0.05, 0) is 64.2 Å². The number of aliphatic hydroxyl groups is 1. The summed E-state index contributed by atoms with van der Waals surface area (Å²) in [6.45, 7) is 7.20. The number of carbonyl (C=O) groups is 2. The number of carbonyl (C=O) groups excluding carboxylic acids is 2. The summed E-state index contributed by atoms with van der Waals surface area (Å²) in [6.07, 6.45) is 4.57. The number of methoxy groups -OCH3 is 1. The van der Waals surface area contributed by atoms with Gasteiger partial charge >= 0.3 is 11.9 Å². The van der Waals surface area contributed by atoms with Crippen LogP contribution < -0.4 is 14.2 Å². The predicted octanol–water partition coefficient (Wildman–Crippen LogP) is 4.98. The van der Waals surface area contributed by atoms with E-state index in [0.717, 1.165) is 38.5 Å². The van der Waals surface area contributed by atoms with Gasteiger partial charge in [0.05, 0.1) is 7.11 Å². The zero-order valence-corrected chi connectivity index (χ0v) is 23.9. The molecule has 1 aromatic carbocycles. The topological polar surface area (TPSA) is 119 Å². The van der Waals surface area contributed by atoms with E-state index in [1.807, 2.05) is 0 Å². The Bertz CT molecular complexity index is 940. The summed E-state index contributed by atoms with van der Waals surface area (Å²) in [4.78, 5) is 25.4. The summed E-state index contributed by atoms with van der Waals surface area (Å²) in [5.74, 6) is 0.0528. The fourth-order valence-electron chi connectivity index (χ4n) is 4.52. The number of benzene rings is 1. The van der Waals surface area contributed by atoms with Gasteiger partial charge in [-0.1, -0.05) is 32.6 Å². The fraction of sp³-hybridized carbons (Fsp3) is 0.724. The summed E-state index contributed by atoms with van der Waals surface area (Å²) in [7, 11) is 1.52. The molecule has 0 spiro atoms. The minimum Gasteiger partial charge on any atom is -0.493 e. The molecule has 1 N–H and O–H groups in total. The van der Waals surface area contributed by atoms with Gasteiger partial charge in [0.2, 0.25) is 12.5 Å². The maximum Gasteiger partial charge on any atom is 0.342 e. The van der Waals surface area contributed by atoms with Crippen LogP contribution in [0.1, 0.15) is 97.1 Å². The van der Waals surface area contributed by atoms with Crippen molar-refractivity contribution < 1.29 is 47.9 Å². The first-order valence-corrected chi connectivity index (χ1v) is 14.0. The van der Waals surface area contributed by atoms with Crippen LogP contribution in [0.15, 0.2) is 12.1 Å². The van der Waals surface area contributed by atoms with E-state index in [9.17, 15) is 14.7 Å². The number of esters is 2. The van der Waals surface area contributed by atoms with E-state index in [4.69, 9.17) is 33.2 Å². The second kappa shape index (κ2) is 14.7. The molecule has 2 aliphatic heterocycles. The van der Waals surface area contributed by atoms with Crippen molar-refractivity contribution in [1.82, 2.24) is 0 Å². The summed E-state index contributed by atoms with van der Waals surface area (Å²) < 4.78 is 39.7. The van der Waals surface area contributed by atoms with Crippen LogP contribution in [-0.4, -0.2) is 61.7 Å². The lowest BCUT2D eigenvalue weighted by atomic mass is 9.99. The van der Waals surface area contributed by atoms with Gasteiger partial charge in [0.1, 0.15) is 18.3 Å². The smallest absolute Gasteiger partial charge is 0.342 e. The molecule has 0 bridgehead atoms. The first-order valence-electron chi connectivity index (χ1n) is 14.0. The predicted molar refractivity (Wildman–Crippen MR) is 142 cm³/mol. The van der Waals surface area contributed by atoms with Crippen LogP contribution in [0.3, 0.4) is 0 Å². The summed E-state index contributed by atoms with van der Waals surface area (Å²) in [5, 5.41) is 11.0. The Morgan fingerprint density at radius 1 is 1.10 bits per heavy atom. The molecule has 0 amide bonds. The lowest BCUT2D eigenvalue weighted by Gasteiger charge is -2.33. The third kappa shape index (κ3) is 8.46. The quantitative estimate of drug-likeness (QED) is 0.236. The molecule has 10 nitrogen and oxygen atoms in total. The maximum atomic E-state index is 13.1. The van der Waals surface area contributed by atoms with Crippen molar-refractivity contribution in [3.05, 3.63) is 17.7 Å². The van der Waals surface area contributed by atoms with Gasteiger partial charge in [0.25, 0.3) is 0 Å². The fourth-order valence-corrected chi connectivity index (χ4v) is 4.52. The lowest BCUT2D eigenvalue weighted by Crippen LogP contribution is -2.49. The Morgan fingerprint density at radius 3 is 2.56 bits per heavy atom. The second-order valence-corrected chi connectivity index (χ2v) is 10.4. The van der Waals surface area contributed by atoms with Crippen molar-refractivity contribution in [2.75, 3.05) is 20.5 Å². The first-order chi connectivity index (χ1) is 18.7. The molecule has 2 aliphatic rings. The maximum absolute atomic E-state index is 13.1. The van der Waals surface area contributed by atoms with Gasteiger partial charge in [-0.15, -0.1) is 0 Å². The molecule has 220 valence electrons. The number of rotatable bonds is 15. The number of ether oxygens (including phenoxy) is 7. The van der Waals surface area contributed by atoms with Gasteiger partial charge in [0, 0.05) is 13.0 Å². The van der Waals surface area contributed by atoms with Crippen molar-refractivity contribution in [2.24, 2.45) is 0 Å². The SMILES string of the molecule is CCCCCCCC(=O)O[C@@H](C)[C@@](C)(O)C(=O)O[C@@H](C)[C@H](OC1CCCCO1)c1cc(OC)c2c(c1)OCO2. The molecule has 2 heterocycles. The number of hydrogen-bond donors (Lipinski definition) is 1. The van der Waals surface area contributed by atoms with E-state index in [0.29, 0.717) is 42.3 Å². The van der Waals surface area contributed by atoms with Gasteiger partial charge in [-0.2, -0.15) is 0 Å². The molecule has 39 heavy (non-hydrogen) atoms. The molecule has 10 heteroatoms. The monoisotopic (exact) mass is 552 g/mol. The average molecular weight is 553 g/mol. The summed E-state index contributed by atoms with van der Waals surface area (Å²) in [6, 6.07) is 3.50. The highest BCUT2D eigenvalue weighted by Gasteiger charge is 2.43. The average Bonchev–Trinajstić information content (AvgIpc) is 3.40. The minimum absolute atomic E-state index is 0.0646. The number of unbranched alkanes of at least 4 members (excludes halogenated alkanes) is 4. The van der Waals surface area contributed by atoms with Gasteiger partial charge < -0.3 is 38.3 Å². The Kier molecular flexibility index (Phi) is 11.7. The van der Waals surface area contributed by atoms with E-state index < -0.39 is 42.1 Å². The van der Waals surface area contributed by atoms with Crippen molar-refractivity contribution in [3.8, 4) is 17.2 Å². The Balaban J connectivity index is 1.69. The highest BCUT2D eigenvalue weighted by Crippen LogP contribution is 2.44. The molecule has 0 radical (unpaired) electrons. The van der Waals surface area contributed by atoms with Crippen LogP contribution in [0.5, 0.6) is 17.2 Å². The van der Waals surface area contributed by atoms with Crippen molar-refractivity contribution in [3.63, 3.8) is 0 Å². The van der Waals surface area contributed by atoms with Crippen molar-refractivity contribution in [1.29, 1.82) is 0 Å². The van der Waals surface area contributed by atoms with E-state index in [2.05, 4.69) is 6.92 Å². The van der Waals surface area contributed by atoms with Crippen molar-refractivity contribution in [2.45, 2.75) is 116 Å². The Hall–Kier alpha value is -2.56. The standard InChI is InChI=1S/C29H44O10/c1-6-7-8-9-10-13-24(30)38-20(3)29(4,32)28(31)37-19(2)26(39-25-14-11-12-15-34-25)21-16-22(33-5)27-23(17-21)35-18-36-27/h16-17,19-20,25-26,32H,6-15,18H2,1-5H3/t19-,20-,25?,26-,29+/m0/s1. The van der Waals surface area contributed by atoms with E-state index in [-0.39, 0.29) is 13.2 Å². The van der Waals surface area contributed by atoms with E-state index in [1.165, 1.54) is 21.0 Å². The Labute approximate surface area is 231 Å². The van der Waals surface area contributed by atoms with Crippen LogP contribution in [-0.2, 0) is 28.5 Å². The molecular weight excluding hydrogens is 508 g/mol. The first kappa shape index (κ1) is 31.0. The largest absolute Gasteiger partial charge is 0.493 e. The minimum atomic E-state index is -2.06. The van der Waals surface area contributed by atoms with E-state index in [1.54, 1.807) is 19.1 Å². The molecule has 3 rings (SSSR count). The van der Waals surface area contributed by atoms with E-state index >= 15 is 0 Å². The van der Waals surface area contributed by atoms with Crippen LogP contribution in [0, 0.1) is 0 Å². The molecule has 1 saturated heterocycles. The summed E-state index contributed by atoms with van der Waals surface area (Å²) in [5.41, 5.74) is -1.43. The molecule has 1 fully saturated rings. The molecular formula is C29H44O10. The lowest BCUT2D eigenvalue weighted by molar-refractivity contribution is -0.221. The molecule has 0 saturated carbocycles. The highest BCUT2D eigenvalue weighted by atomic mass is 16.7. The number of hydrogen-bond acceptors (Lipinski definition) is 10. The zero-order valence-electron chi connectivity index (χ0n) is 23.9. The summed E-state index contributed by atoms with van der Waals surface area (Å²) >= 11 is 0. The zero-order chi connectivity index (χ0) is 28.4. The van der Waals surface area contributed by atoms with Gasteiger partial charge in [-0.25, -0.2) is 4.79 Å². The highest BCUT2D eigenvalue weighted by molar-refractivity contribution is 5.80. The third-order valence-electron chi connectivity index (χ3n) is 7.16. The van der Waals surface area contributed by atoms with Gasteiger partial charge in [0.15, 0.2) is 23.4 Å². The normalized spacial score (nSPS) is 20.4. The van der Waals surface area contributed by atoms with Crippen LogP contribution in [0.25, 0.3) is 0 Å². The van der Waals surface area contributed by atoms with Crippen LogP contribution >= 0.6 is 0 Å². The van der Waals surface area contributed by atoms with Crippen LogP contribution in [0.2, 0.25) is 0 Å². The molecule has 5 atom stereocenters. The molecule has 0 aliphatic carbocycles.